The van der Waals surface area contributed by atoms with Crippen molar-refractivity contribution in [3.05, 3.63) is 28.8 Å². The molecule has 0 radical (unpaired) electrons. The van der Waals surface area contributed by atoms with Gasteiger partial charge in [-0.05, 0) is 53.1 Å². The van der Waals surface area contributed by atoms with Crippen molar-refractivity contribution >= 4 is 11.6 Å². The molecule has 7 heteroatoms. The number of nitrogens with one attached hydrogen (secondary N) is 1. The smallest absolute Gasteiger partial charge is 0.238 e. The number of rotatable bonds is 5. The number of carbonyl (C=O) groups excluding carboxylic acids is 1. The molecule has 2 aromatic rings. The Hall–Kier alpha value is -2.15. The summed E-state index contributed by atoms with van der Waals surface area (Å²) in [4.78, 5) is 14.8. The highest BCUT2D eigenvalue weighted by Gasteiger charge is 2.27. The fourth-order valence-corrected chi connectivity index (χ4v) is 3.69. The van der Waals surface area contributed by atoms with E-state index in [0.717, 1.165) is 48.7 Å². The minimum absolute atomic E-state index is 0.0273. The second-order valence-electron chi connectivity index (χ2n) is 7.09. The van der Waals surface area contributed by atoms with Crippen LogP contribution in [0.2, 0.25) is 0 Å². The highest BCUT2D eigenvalue weighted by Crippen LogP contribution is 2.21. The standard InChI is InChI=1S/C18H28N6O/c1-12-9-13(2)24(20-12)10-16-7-6-8-23(16)11-17(25)19-18-14(3)21-22(5)15(18)4/h9,16H,6-8,10-11H2,1-5H3,(H,19,25)/t16-/m1/s1. The first-order valence-electron chi connectivity index (χ1n) is 8.90. The van der Waals surface area contributed by atoms with E-state index in [1.165, 1.54) is 5.69 Å². The fraction of sp³-hybridized carbons (Fsp3) is 0.611. The lowest BCUT2D eigenvalue weighted by Crippen LogP contribution is -2.39. The predicted octanol–water partition coefficient (Wildman–Crippen LogP) is 1.95. The first-order chi connectivity index (χ1) is 11.8. The molecule has 0 unspecified atom stereocenters. The lowest BCUT2D eigenvalue weighted by molar-refractivity contribution is -0.117. The quantitative estimate of drug-likeness (QED) is 0.900. The molecule has 0 saturated carbocycles. The normalized spacial score (nSPS) is 18.0. The van der Waals surface area contributed by atoms with Crippen LogP contribution in [-0.2, 0) is 18.4 Å². The molecule has 0 aliphatic carbocycles. The lowest BCUT2D eigenvalue weighted by atomic mass is 10.2. The molecule has 3 rings (SSSR count). The van der Waals surface area contributed by atoms with E-state index < -0.39 is 0 Å². The van der Waals surface area contributed by atoms with E-state index >= 15 is 0 Å². The van der Waals surface area contributed by atoms with Crippen molar-refractivity contribution in [2.75, 3.05) is 18.4 Å². The summed E-state index contributed by atoms with van der Waals surface area (Å²) in [5.41, 5.74) is 4.89. The largest absolute Gasteiger partial charge is 0.322 e. The van der Waals surface area contributed by atoms with Crippen LogP contribution in [0.5, 0.6) is 0 Å². The number of carbonyl (C=O) groups is 1. The SMILES string of the molecule is Cc1cc(C)n(C[C@H]2CCCN2CC(=O)Nc2c(C)nn(C)c2C)n1. The van der Waals surface area contributed by atoms with Crippen LogP contribution in [0.25, 0.3) is 0 Å². The van der Waals surface area contributed by atoms with Crippen molar-refractivity contribution in [1.29, 1.82) is 0 Å². The van der Waals surface area contributed by atoms with Gasteiger partial charge in [0.25, 0.3) is 0 Å². The van der Waals surface area contributed by atoms with Gasteiger partial charge in [-0.25, -0.2) is 0 Å². The molecule has 3 heterocycles. The van der Waals surface area contributed by atoms with Crippen LogP contribution in [0.1, 0.15) is 35.6 Å². The minimum atomic E-state index is 0.0273. The lowest BCUT2D eigenvalue weighted by Gasteiger charge is -2.24. The van der Waals surface area contributed by atoms with Gasteiger partial charge < -0.3 is 5.32 Å². The van der Waals surface area contributed by atoms with Gasteiger partial charge in [-0.1, -0.05) is 0 Å². The number of likely N-dealkylation sites (tertiary alicyclic amines) is 1. The molecule has 25 heavy (non-hydrogen) atoms. The Morgan fingerprint density at radius 1 is 1.28 bits per heavy atom. The van der Waals surface area contributed by atoms with Crippen LogP contribution in [0, 0.1) is 27.7 Å². The van der Waals surface area contributed by atoms with Crippen LogP contribution < -0.4 is 5.32 Å². The Bertz CT molecular complexity index is 775. The molecule has 136 valence electrons. The minimum Gasteiger partial charge on any atom is -0.322 e. The van der Waals surface area contributed by atoms with E-state index in [1.807, 2.05) is 27.8 Å². The van der Waals surface area contributed by atoms with Crippen molar-refractivity contribution in [2.24, 2.45) is 7.05 Å². The summed E-state index contributed by atoms with van der Waals surface area (Å²) in [6.07, 6.45) is 2.23. The van der Waals surface area contributed by atoms with Crippen molar-refractivity contribution < 1.29 is 4.79 Å². The zero-order chi connectivity index (χ0) is 18.1. The van der Waals surface area contributed by atoms with Crippen LogP contribution in [0.3, 0.4) is 0 Å². The Labute approximate surface area is 149 Å². The first kappa shape index (κ1) is 17.7. The van der Waals surface area contributed by atoms with Crippen LogP contribution in [-0.4, -0.2) is 49.5 Å². The first-order valence-corrected chi connectivity index (χ1v) is 8.90. The van der Waals surface area contributed by atoms with Crippen molar-refractivity contribution in [1.82, 2.24) is 24.5 Å². The van der Waals surface area contributed by atoms with E-state index in [-0.39, 0.29) is 5.91 Å². The predicted molar refractivity (Wildman–Crippen MR) is 97.6 cm³/mol. The number of aryl methyl sites for hydroxylation is 4. The van der Waals surface area contributed by atoms with E-state index in [1.54, 1.807) is 4.68 Å². The Morgan fingerprint density at radius 3 is 2.64 bits per heavy atom. The van der Waals surface area contributed by atoms with Gasteiger partial charge in [0, 0.05) is 18.8 Å². The summed E-state index contributed by atoms with van der Waals surface area (Å²) >= 11 is 0. The molecule has 2 aromatic heterocycles. The number of hydrogen-bond donors (Lipinski definition) is 1. The molecular weight excluding hydrogens is 316 g/mol. The monoisotopic (exact) mass is 344 g/mol. The zero-order valence-corrected chi connectivity index (χ0v) is 15.8. The summed E-state index contributed by atoms with van der Waals surface area (Å²) < 4.78 is 3.86. The number of amides is 1. The Balaban J connectivity index is 1.63. The van der Waals surface area contributed by atoms with Gasteiger partial charge in [0.15, 0.2) is 0 Å². The number of hydrogen-bond acceptors (Lipinski definition) is 4. The topological polar surface area (TPSA) is 68.0 Å². The number of anilines is 1. The molecule has 1 N–H and O–H groups in total. The number of aromatic nitrogens is 4. The molecule has 0 bridgehead atoms. The summed E-state index contributed by atoms with van der Waals surface area (Å²) in [6, 6.07) is 2.46. The van der Waals surface area contributed by atoms with Gasteiger partial charge in [0.05, 0.1) is 35.9 Å². The highest BCUT2D eigenvalue weighted by atomic mass is 16.2. The molecule has 1 aliphatic heterocycles. The Kier molecular flexibility index (Phi) is 4.94. The molecule has 1 saturated heterocycles. The van der Waals surface area contributed by atoms with Crippen molar-refractivity contribution in [3.8, 4) is 0 Å². The van der Waals surface area contributed by atoms with E-state index in [0.29, 0.717) is 12.6 Å². The van der Waals surface area contributed by atoms with E-state index in [9.17, 15) is 4.79 Å². The summed E-state index contributed by atoms with van der Waals surface area (Å²) in [6.45, 7) is 10.2. The molecule has 0 aromatic carbocycles. The fourth-order valence-electron chi connectivity index (χ4n) is 3.69. The molecule has 1 fully saturated rings. The average molecular weight is 344 g/mol. The van der Waals surface area contributed by atoms with Gasteiger partial charge in [0.1, 0.15) is 0 Å². The maximum Gasteiger partial charge on any atom is 0.238 e. The van der Waals surface area contributed by atoms with Crippen LogP contribution in [0.4, 0.5) is 5.69 Å². The van der Waals surface area contributed by atoms with Gasteiger partial charge >= 0.3 is 0 Å². The third-order valence-electron chi connectivity index (χ3n) is 5.11. The second-order valence-corrected chi connectivity index (χ2v) is 7.09. The molecule has 1 amide bonds. The van der Waals surface area contributed by atoms with E-state index in [4.69, 9.17) is 0 Å². The van der Waals surface area contributed by atoms with Gasteiger partial charge in [-0.15, -0.1) is 0 Å². The third-order valence-corrected chi connectivity index (χ3v) is 5.11. The van der Waals surface area contributed by atoms with Crippen molar-refractivity contribution in [2.45, 2.75) is 53.1 Å². The summed E-state index contributed by atoms with van der Waals surface area (Å²) in [5, 5.41) is 12.0. The second kappa shape index (κ2) is 7.00. The van der Waals surface area contributed by atoms with Crippen LogP contribution >= 0.6 is 0 Å². The average Bonchev–Trinajstić information content (AvgIpc) is 3.16. The zero-order valence-electron chi connectivity index (χ0n) is 15.8. The van der Waals surface area contributed by atoms with E-state index in [2.05, 4.69) is 38.1 Å². The Morgan fingerprint density at radius 2 is 2.04 bits per heavy atom. The van der Waals surface area contributed by atoms with Gasteiger partial charge in [-0.2, -0.15) is 10.2 Å². The molecule has 1 atom stereocenters. The number of nitrogens with zero attached hydrogens (tertiary/aromatic N) is 5. The van der Waals surface area contributed by atoms with Gasteiger partial charge in [-0.3, -0.25) is 19.1 Å². The van der Waals surface area contributed by atoms with Crippen molar-refractivity contribution in [3.63, 3.8) is 0 Å². The molecular formula is C18H28N6O. The maximum atomic E-state index is 12.5. The molecule has 7 nitrogen and oxygen atoms in total. The molecule has 1 aliphatic rings. The summed E-state index contributed by atoms with van der Waals surface area (Å²) in [5.74, 6) is 0.0273. The molecule has 0 spiro atoms. The third kappa shape index (κ3) is 3.76. The maximum absolute atomic E-state index is 12.5. The highest BCUT2D eigenvalue weighted by molar-refractivity contribution is 5.93. The summed E-state index contributed by atoms with van der Waals surface area (Å²) in [7, 11) is 1.89. The van der Waals surface area contributed by atoms with Gasteiger partial charge in [0.2, 0.25) is 5.91 Å². The van der Waals surface area contributed by atoms with Crippen LogP contribution in [0.15, 0.2) is 6.07 Å².